The molecule has 29 heavy (non-hydrogen) atoms. The molecule has 1 saturated carbocycles. The second-order valence-electron chi connectivity index (χ2n) is 7.16. The van der Waals surface area contributed by atoms with Crippen LogP contribution in [0.5, 0.6) is 0 Å². The minimum atomic E-state index is -3.58. The number of sulfonamides is 1. The van der Waals surface area contributed by atoms with E-state index in [2.05, 4.69) is 15.0 Å². The fourth-order valence-electron chi connectivity index (χ4n) is 2.93. The first-order valence-corrected chi connectivity index (χ1v) is 10.9. The molecule has 0 aliphatic heterocycles. The Kier molecular flexibility index (Phi) is 5.46. The van der Waals surface area contributed by atoms with Gasteiger partial charge in [0.1, 0.15) is 0 Å². The Morgan fingerprint density at radius 2 is 1.86 bits per heavy atom. The lowest BCUT2D eigenvalue weighted by Gasteiger charge is -2.09. The molecule has 150 valence electrons. The summed E-state index contributed by atoms with van der Waals surface area (Å²) in [5, 5.41) is 2.84. The molecule has 2 aromatic carbocycles. The lowest BCUT2D eigenvalue weighted by molar-refractivity contribution is 0.0950. The number of amides is 1. The lowest BCUT2D eigenvalue weighted by Crippen LogP contribution is -2.27. The zero-order valence-electron chi connectivity index (χ0n) is 15.8. The van der Waals surface area contributed by atoms with Crippen LogP contribution in [0.3, 0.4) is 0 Å². The molecular weight excluding hydrogens is 388 g/mol. The summed E-state index contributed by atoms with van der Waals surface area (Å²) in [6.07, 6.45) is 7.14. The van der Waals surface area contributed by atoms with E-state index in [1.54, 1.807) is 24.7 Å². The van der Waals surface area contributed by atoms with Crippen LogP contribution >= 0.6 is 0 Å². The van der Waals surface area contributed by atoms with Crippen LogP contribution in [0.4, 0.5) is 0 Å². The van der Waals surface area contributed by atoms with Crippen LogP contribution in [0.1, 0.15) is 34.3 Å². The SMILES string of the molecule is O=C(NCc1ccc(Cn2ccnc2)cc1)c1cccc(S(=O)(=O)NC2CC2)c1. The standard InChI is InChI=1S/C21H22N4O3S/c26-21(18-2-1-3-20(12-18)29(27,28)24-19-8-9-19)23-13-16-4-6-17(7-5-16)14-25-11-10-22-15-25/h1-7,10-12,15,19,24H,8-9,13-14H2,(H,23,26). The van der Waals surface area contributed by atoms with E-state index in [-0.39, 0.29) is 16.8 Å². The number of imidazole rings is 1. The molecule has 0 spiro atoms. The average Bonchev–Trinajstić information content (AvgIpc) is 3.38. The second-order valence-corrected chi connectivity index (χ2v) is 8.87. The summed E-state index contributed by atoms with van der Waals surface area (Å²) in [4.78, 5) is 16.6. The highest BCUT2D eigenvalue weighted by atomic mass is 32.2. The van der Waals surface area contributed by atoms with Gasteiger partial charge < -0.3 is 9.88 Å². The predicted octanol–water partition coefficient (Wildman–Crippen LogP) is 2.30. The largest absolute Gasteiger partial charge is 0.348 e. The number of nitrogens with zero attached hydrogens (tertiary/aromatic N) is 2. The molecule has 7 nitrogen and oxygen atoms in total. The van der Waals surface area contributed by atoms with E-state index in [4.69, 9.17) is 0 Å². The predicted molar refractivity (Wildman–Crippen MR) is 109 cm³/mol. The Bertz CT molecular complexity index is 1090. The molecule has 0 radical (unpaired) electrons. The molecule has 0 unspecified atom stereocenters. The van der Waals surface area contributed by atoms with Crippen molar-refractivity contribution in [2.24, 2.45) is 0 Å². The van der Waals surface area contributed by atoms with Crippen LogP contribution in [-0.2, 0) is 23.1 Å². The maximum Gasteiger partial charge on any atom is 0.251 e. The Morgan fingerprint density at radius 3 is 2.55 bits per heavy atom. The minimum Gasteiger partial charge on any atom is -0.348 e. The summed E-state index contributed by atoms with van der Waals surface area (Å²) < 4.78 is 29.3. The Labute approximate surface area is 169 Å². The Morgan fingerprint density at radius 1 is 1.10 bits per heavy atom. The molecule has 1 aromatic heterocycles. The molecule has 0 atom stereocenters. The van der Waals surface area contributed by atoms with Crippen LogP contribution in [-0.4, -0.2) is 29.9 Å². The second kappa shape index (κ2) is 8.18. The van der Waals surface area contributed by atoms with Crippen LogP contribution in [0, 0.1) is 0 Å². The van der Waals surface area contributed by atoms with Gasteiger partial charge in [-0.1, -0.05) is 30.3 Å². The highest BCUT2D eigenvalue weighted by Crippen LogP contribution is 2.22. The summed E-state index contributed by atoms with van der Waals surface area (Å²) in [7, 11) is -3.58. The molecule has 1 aliphatic rings. The third-order valence-corrected chi connectivity index (χ3v) is 6.22. The van der Waals surface area contributed by atoms with Crippen LogP contribution in [0.15, 0.2) is 72.1 Å². The normalized spacial score (nSPS) is 13.9. The van der Waals surface area contributed by atoms with Gasteiger partial charge >= 0.3 is 0 Å². The number of hydrogen-bond donors (Lipinski definition) is 2. The molecule has 2 N–H and O–H groups in total. The van der Waals surface area contributed by atoms with E-state index in [0.29, 0.717) is 12.1 Å². The smallest absolute Gasteiger partial charge is 0.251 e. The number of carbonyl (C=O) groups is 1. The van der Waals surface area contributed by atoms with Gasteiger partial charge in [-0.3, -0.25) is 4.79 Å². The quantitative estimate of drug-likeness (QED) is 0.596. The van der Waals surface area contributed by atoms with Crippen molar-refractivity contribution in [1.82, 2.24) is 19.6 Å². The van der Waals surface area contributed by atoms with Crippen LogP contribution in [0.2, 0.25) is 0 Å². The molecule has 3 aromatic rings. The topological polar surface area (TPSA) is 93.1 Å². The van der Waals surface area contributed by atoms with E-state index >= 15 is 0 Å². The summed E-state index contributed by atoms with van der Waals surface area (Å²) in [5.74, 6) is -0.309. The molecule has 8 heteroatoms. The first-order chi connectivity index (χ1) is 14.0. The van der Waals surface area contributed by atoms with Gasteiger partial charge in [-0.05, 0) is 42.2 Å². The van der Waals surface area contributed by atoms with Gasteiger partial charge in [0.15, 0.2) is 0 Å². The first kappa shape index (κ1) is 19.4. The molecule has 1 heterocycles. The van der Waals surface area contributed by atoms with Gasteiger partial charge in [0, 0.05) is 37.1 Å². The monoisotopic (exact) mass is 410 g/mol. The van der Waals surface area contributed by atoms with Crippen molar-refractivity contribution in [3.05, 3.63) is 83.9 Å². The van der Waals surface area contributed by atoms with E-state index < -0.39 is 10.0 Å². The lowest BCUT2D eigenvalue weighted by atomic mass is 10.1. The van der Waals surface area contributed by atoms with E-state index in [1.807, 2.05) is 35.0 Å². The highest BCUT2D eigenvalue weighted by molar-refractivity contribution is 7.89. The van der Waals surface area contributed by atoms with E-state index in [1.165, 1.54) is 12.1 Å². The third-order valence-electron chi connectivity index (χ3n) is 4.71. The van der Waals surface area contributed by atoms with Crippen molar-refractivity contribution in [2.45, 2.75) is 36.9 Å². The molecule has 0 saturated heterocycles. The molecule has 0 bridgehead atoms. The number of hydrogen-bond acceptors (Lipinski definition) is 4. The molecule has 1 aliphatic carbocycles. The average molecular weight is 410 g/mol. The first-order valence-electron chi connectivity index (χ1n) is 9.44. The summed E-state index contributed by atoms with van der Waals surface area (Å²) in [6, 6.07) is 14.1. The third kappa shape index (κ3) is 5.10. The Hall–Kier alpha value is -2.97. The van der Waals surface area contributed by atoms with Gasteiger partial charge in [0.25, 0.3) is 5.91 Å². The van der Waals surface area contributed by atoms with Gasteiger partial charge in [0.05, 0.1) is 11.2 Å². The maximum atomic E-state index is 12.5. The summed E-state index contributed by atoms with van der Waals surface area (Å²) in [6.45, 7) is 1.10. The fraction of sp³-hybridized carbons (Fsp3) is 0.238. The van der Waals surface area contributed by atoms with Gasteiger partial charge in [-0.2, -0.15) is 0 Å². The van der Waals surface area contributed by atoms with Crippen molar-refractivity contribution in [2.75, 3.05) is 0 Å². The number of rotatable bonds is 8. The Balaban J connectivity index is 1.36. The van der Waals surface area contributed by atoms with Crippen molar-refractivity contribution < 1.29 is 13.2 Å². The van der Waals surface area contributed by atoms with Crippen molar-refractivity contribution in [1.29, 1.82) is 0 Å². The zero-order chi connectivity index (χ0) is 20.3. The molecular formula is C21H22N4O3S. The van der Waals surface area contributed by atoms with Gasteiger partial charge in [0.2, 0.25) is 10.0 Å². The van der Waals surface area contributed by atoms with Crippen LogP contribution in [0.25, 0.3) is 0 Å². The van der Waals surface area contributed by atoms with Gasteiger partial charge in [-0.15, -0.1) is 0 Å². The molecule has 1 amide bonds. The zero-order valence-corrected chi connectivity index (χ0v) is 16.6. The van der Waals surface area contributed by atoms with E-state index in [9.17, 15) is 13.2 Å². The van der Waals surface area contributed by atoms with E-state index in [0.717, 1.165) is 30.5 Å². The minimum absolute atomic E-state index is 0.0224. The highest BCUT2D eigenvalue weighted by Gasteiger charge is 2.28. The number of nitrogens with one attached hydrogen (secondary N) is 2. The van der Waals surface area contributed by atoms with Crippen molar-refractivity contribution in [3.8, 4) is 0 Å². The van der Waals surface area contributed by atoms with Gasteiger partial charge in [-0.25, -0.2) is 18.1 Å². The summed E-state index contributed by atoms with van der Waals surface area (Å²) >= 11 is 0. The maximum absolute atomic E-state index is 12.5. The van der Waals surface area contributed by atoms with Crippen LogP contribution < -0.4 is 10.0 Å². The summed E-state index contributed by atoms with van der Waals surface area (Å²) in [5.41, 5.74) is 2.42. The molecule has 1 fully saturated rings. The van der Waals surface area contributed by atoms with Crippen molar-refractivity contribution >= 4 is 15.9 Å². The fourth-order valence-corrected chi connectivity index (χ4v) is 4.28. The number of carbonyl (C=O) groups excluding carboxylic acids is 1. The number of benzene rings is 2. The van der Waals surface area contributed by atoms with Crippen molar-refractivity contribution in [3.63, 3.8) is 0 Å². The number of aromatic nitrogens is 2. The molecule has 4 rings (SSSR count).